The molecule has 0 unspecified atom stereocenters. The van der Waals surface area contributed by atoms with Crippen molar-refractivity contribution in [3.8, 4) is 0 Å². The molecule has 0 atom stereocenters. The Labute approximate surface area is 91.9 Å². The minimum atomic E-state index is -3.53. The van der Waals surface area contributed by atoms with Crippen LogP contribution in [-0.4, -0.2) is 30.2 Å². The van der Waals surface area contributed by atoms with Gasteiger partial charge in [0.15, 0.2) is 9.84 Å². The van der Waals surface area contributed by atoms with Crippen molar-refractivity contribution in [3.63, 3.8) is 0 Å². The van der Waals surface area contributed by atoms with Crippen molar-refractivity contribution in [2.75, 3.05) is 5.75 Å². The number of sulfone groups is 1. The molecule has 5 nitrogen and oxygen atoms in total. The number of pyridine rings is 1. The normalized spacial score (nSPS) is 11.3. The van der Waals surface area contributed by atoms with Gasteiger partial charge in [0.2, 0.25) is 0 Å². The van der Waals surface area contributed by atoms with E-state index in [-0.39, 0.29) is 5.56 Å². The monoisotopic (exact) mass is 247 g/mol. The van der Waals surface area contributed by atoms with Crippen LogP contribution < -0.4 is 0 Å². The van der Waals surface area contributed by atoms with Gasteiger partial charge in [-0.25, -0.2) is 12.8 Å². The molecule has 88 valence electrons. The zero-order chi connectivity index (χ0) is 12.2. The number of carboxylic acids is 1. The van der Waals surface area contributed by atoms with E-state index in [9.17, 15) is 17.6 Å². The number of rotatable bonds is 5. The van der Waals surface area contributed by atoms with Crippen LogP contribution >= 0.6 is 0 Å². The summed E-state index contributed by atoms with van der Waals surface area (Å²) in [6, 6.07) is 1.06. The van der Waals surface area contributed by atoms with Gasteiger partial charge in [-0.1, -0.05) is 0 Å². The lowest BCUT2D eigenvalue weighted by Crippen LogP contribution is -2.13. The molecule has 1 rings (SSSR count). The fraction of sp³-hybridized carbons (Fsp3) is 0.333. The molecule has 0 aromatic carbocycles. The third kappa shape index (κ3) is 4.35. The van der Waals surface area contributed by atoms with E-state index in [2.05, 4.69) is 4.98 Å². The summed E-state index contributed by atoms with van der Waals surface area (Å²) in [4.78, 5) is 13.7. The Morgan fingerprint density at radius 1 is 1.44 bits per heavy atom. The Bertz CT molecular complexity index is 486. The summed E-state index contributed by atoms with van der Waals surface area (Å²) >= 11 is 0. The summed E-state index contributed by atoms with van der Waals surface area (Å²) in [5, 5.41) is 8.35. The minimum Gasteiger partial charge on any atom is -0.481 e. The number of aliphatic carboxylic acids is 1. The van der Waals surface area contributed by atoms with Crippen molar-refractivity contribution in [2.45, 2.75) is 12.2 Å². The van der Waals surface area contributed by atoms with Gasteiger partial charge in [-0.2, -0.15) is 0 Å². The number of carbonyl (C=O) groups is 1. The molecular formula is C9H10FNO4S. The Morgan fingerprint density at radius 2 is 2.12 bits per heavy atom. The highest BCUT2D eigenvalue weighted by Crippen LogP contribution is 2.08. The number of aromatic nitrogens is 1. The average molecular weight is 247 g/mol. The Balaban J connectivity index is 2.69. The fourth-order valence-corrected chi connectivity index (χ4v) is 2.40. The smallest absolute Gasteiger partial charge is 0.304 e. The Kier molecular flexibility index (Phi) is 3.94. The lowest BCUT2D eigenvalue weighted by molar-refractivity contribution is -0.136. The van der Waals surface area contributed by atoms with Gasteiger partial charge >= 0.3 is 5.97 Å². The molecule has 1 N–H and O–H groups in total. The second-order valence-electron chi connectivity index (χ2n) is 3.25. The van der Waals surface area contributed by atoms with Crippen LogP contribution in [0.4, 0.5) is 4.39 Å². The predicted molar refractivity (Wildman–Crippen MR) is 53.9 cm³/mol. The first kappa shape index (κ1) is 12.6. The van der Waals surface area contributed by atoms with Gasteiger partial charge in [0.25, 0.3) is 0 Å². The lowest BCUT2D eigenvalue weighted by Gasteiger charge is -2.02. The van der Waals surface area contributed by atoms with Crippen LogP contribution in [0.1, 0.15) is 12.0 Å². The van der Waals surface area contributed by atoms with Crippen LogP contribution in [0.3, 0.4) is 0 Å². The van der Waals surface area contributed by atoms with E-state index in [0.29, 0.717) is 0 Å². The van der Waals surface area contributed by atoms with Gasteiger partial charge in [0, 0.05) is 6.20 Å². The lowest BCUT2D eigenvalue weighted by atomic mass is 10.3. The summed E-state index contributed by atoms with van der Waals surface area (Å²) in [6.07, 6.45) is 1.75. The average Bonchev–Trinajstić information content (AvgIpc) is 2.14. The zero-order valence-corrected chi connectivity index (χ0v) is 9.08. The van der Waals surface area contributed by atoms with Crippen molar-refractivity contribution < 1.29 is 22.7 Å². The van der Waals surface area contributed by atoms with E-state index >= 15 is 0 Å². The maximum Gasteiger partial charge on any atom is 0.304 e. The second-order valence-corrected chi connectivity index (χ2v) is 5.43. The first-order chi connectivity index (χ1) is 7.39. The molecule has 7 heteroatoms. The molecule has 0 amide bonds. The molecule has 0 aliphatic rings. The standard InChI is InChI=1S/C9H10FNO4S/c10-8-3-7(4-11-5-8)6-16(14,15)2-1-9(12)13/h3-5H,1-2,6H2,(H,12,13). The van der Waals surface area contributed by atoms with E-state index in [4.69, 9.17) is 5.11 Å². The van der Waals surface area contributed by atoms with Crippen molar-refractivity contribution in [1.82, 2.24) is 4.98 Å². The predicted octanol–water partition coefficient (Wildman–Crippen LogP) is 0.610. The molecule has 0 saturated heterocycles. The van der Waals surface area contributed by atoms with Crippen LogP contribution in [0.5, 0.6) is 0 Å². The van der Waals surface area contributed by atoms with Crippen LogP contribution in [0.15, 0.2) is 18.5 Å². The van der Waals surface area contributed by atoms with Gasteiger partial charge in [-0.3, -0.25) is 9.78 Å². The molecule has 16 heavy (non-hydrogen) atoms. The van der Waals surface area contributed by atoms with Gasteiger partial charge in [-0.15, -0.1) is 0 Å². The van der Waals surface area contributed by atoms with E-state index in [1.165, 1.54) is 6.20 Å². The summed E-state index contributed by atoms with van der Waals surface area (Å²) in [6.45, 7) is 0. The molecule has 0 spiro atoms. The van der Waals surface area contributed by atoms with E-state index in [1.807, 2.05) is 0 Å². The SMILES string of the molecule is O=C(O)CCS(=O)(=O)Cc1cncc(F)c1. The Morgan fingerprint density at radius 3 is 2.69 bits per heavy atom. The number of nitrogens with zero attached hydrogens (tertiary/aromatic N) is 1. The summed E-state index contributed by atoms with van der Waals surface area (Å²) in [5.41, 5.74) is 0.213. The van der Waals surface area contributed by atoms with Gasteiger partial charge in [-0.05, 0) is 11.6 Å². The zero-order valence-electron chi connectivity index (χ0n) is 8.26. The quantitative estimate of drug-likeness (QED) is 0.824. The molecule has 1 heterocycles. The van der Waals surface area contributed by atoms with Gasteiger partial charge < -0.3 is 5.11 Å². The summed E-state index contributed by atoms with van der Waals surface area (Å²) < 4.78 is 35.5. The van der Waals surface area contributed by atoms with Gasteiger partial charge in [0.05, 0.1) is 24.1 Å². The maximum absolute atomic E-state index is 12.7. The Hall–Kier alpha value is -1.50. The highest BCUT2D eigenvalue weighted by atomic mass is 32.2. The number of hydrogen-bond acceptors (Lipinski definition) is 4. The third-order valence-electron chi connectivity index (χ3n) is 1.78. The molecular weight excluding hydrogens is 237 g/mol. The number of hydrogen-bond donors (Lipinski definition) is 1. The molecule has 0 bridgehead atoms. The first-order valence-corrected chi connectivity index (χ1v) is 6.23. The summed E-state index contributed by atoms with van der Waals surface area (Å²) in [7, 11) is -3.53. The van der Waals surface area contributed by atoms with Gasteiger partial charge in [0.1, 0.15) is 5.82 Å². The minimum absolute atomic E-state index is 0.213. The number of halogens is 1. The van der Waals surface area contributed by atoms with Crippen LogP contribution in [0, 0.1) is 5.82 Å². The molecule has 0 saturated carbocycles. The molecule has 1 aromatic heterocycles. The van der Waals surface area contributed by atoms with Crippen molar-refractivity contribution in [1.29, 1.82) is 0 Å². The fourth-order valence-electron chi connectivity index (χ4n) is 1.10. The first-order valence-electron chi connectivity index (χ1n) is 4.41. The molecule has 1 aromatic rings. The topological polar surface area (TPSA) is 84.3 Å². The number of carboxylic acid groups (broad SMARTS) is 1. The second kappa shape index (κ2) is 5.02. The van der Waals surface area contributed by atoms with Crippen molar-refractivity contribution in [2.24, 2.45) is 0 Å². The molecule has 0 aliphatic heterocycles. The third-order valence-corrected chi connectivity index (χ3v) is 3.37. The largest absolute Gasteiger partial charge is 0.481 e. The van der Waals surface area contributed by atoms with Crippen molar-refractivity contribution >= 4 is 15.8 Å². The van der Waals surface area contributed by atoms with E-state index in [1.54, 1.807) is 0 Å². The highest BCUT2D eigenvalue weighted by molar-refractivity contribution is 7.90. The van der Waals surface area contributed by atoms with Crippen molar-refractivity contribution in [3.05, 3.63) is 29.8 Å². The summed E-state index contributed by atoms with van der Waals surface area (Å²) in [5.74, 6) is -2.66. The van der Waals surface area contributed by atoms with Crippen LogP contribution in [0.2, 0.25) is 0 Å². The van der Waals surface area contributed by atoms with E-state index in [0.717, 1.165) is 12.3 Å². The molecule has 0 radical (unpaired) electrons. The highest BCUT2D eigenvalue weighted by Gasteiger charge is 2.14. The van der Waals surface area contributed by atoms with E-state index < -0.39 is 39.6 Å². The maximum atomic E-state index is 12.7. The molecule has 0 aliphatic carbocycles. The molecule has 0 fully saturated rings. The van der Waals surface area contributed by atoms with Crippen LogP contribution in [0.25, 0.3) is 0 Å². The van der Waals surface area contributed by atoms with Crippen LogP contribution in [-0.2, 0) is 20.4 Å².